The van der Waals surface area contributed by atoms with E-state index >= 15 is 0 Å². The van der Waals surface area contributed by atoms with Gasteiger partial charge < -0.3 is 19.9 Å². The van der Waals surface area contributed by atoms with Crippen LogP contribution in [0.4, 0.5) is 0 Å². The second kappa shape index (κ2) is 8.06. The Morgan fingerprint density at radius 3 is 2.62 bits per heavy atom. The smallest absolute Gasteiger partial charge is 0.231 e. The predicted molar refractivity (Wildman–Crippen MR) is 94.9 cm³/mol. The molecule has 0 amide bonds. The fourth-order valence-corrected chi connectivity index (χ4v) is 2.84. The molecule has 3 rings (SSSR count). The van der Waals surface area contributed by atoms with Gasteiger partial charge in [-0.3, -0.25) is 0 Å². The molecule has 0 aliphatic carbocycles. The lowest BCUT2D eigenvalue weighted by Gasteiger charge is -2.16. The summed E-state index contributed by atoms with van der Waals surface area (Å²) < 4.78 is 16.6. The summed E-state index contributed by atoms with van der Waals surface area (Å²) >= 11 is 0. The van der Waals surface area contributed by atoms with E-state index in [4.69, 9.17) is 19.9 Å². The third kappa shape index (κ3) is 4.01. The molecular formula is C20H25NO3. The van der Waals surface area contributed by atoms with E-state index in [0.29, 0.717) is 13.3 Å². The highest BCUT2D eigenvalue weighted by molar-refractivity contribution is 5.45. The van der Waals surface area contributed by atoms with Gasteiger partial charge in [0.15, 0.2) is 11.5 Å². The maximum absolute atomic E-state index is 6.01. The lowest BCUT2D eigenvalue weighted by molar-refractivity contribution is 0.174. The van der Waals surface area contributed by atoms with Crippen LogP contribution in [0.3, 0.4) is 0 Å². The summed E-state index contributed by atoms with van der Waals surface area (Å²) in [5.41, 5.74) is 8.45. The summed E-state index contributed by atoms with van der Waals surface area (Å²) in [6, 6.07) is 14.4. The zero-order chi connectivity index (χ0) is 16.8. The molecule has 1 heterocycles. The maximum atomic E-state index is 6.01. The summed E-state index contributed by atoms with van der Waals surface area (Å²) in [6.07, 6.45) is 3.12. The van der Waals surface area contributed by atoms with Gasteiger partial charge in [-0.2, -0.15) is 0 Å². The SMILES string of the molecule is CCCCOc1ccc(CC(CN)c2ccc3c(c2)OCO3)cc1. The van der Waals surface area contributed by atoms with Crippen LogP contribution in [0.5, 0.6) is 17.2 Å². The quantitative estimate of drug-likeness (QED) is 0.748. The van der Waals surface area contributed by atoms with Crippen molar-refractivity contribution < 1.29 is 14.2 Å². The molecule has 0 aromatic heterocycles. The van der Waals surface area contributed by atoms with Crippen LogP contribution in [0.2, 0.25) is 0 Å². The number of benzene rings is 2. The molecule has 1 unspecified atom stereocenters. The first-order chi connectivity index (χ1) is 11.8. The molecule has 0 saturated carbocycles. The highest BCUT2D eigenvalue weighted by atomic mass is 16.7. The van der Waals surface area contributed by atoms with Crippen LogP contribution >= 0.6 is 0 Å². The van der Waals surface area contributed by atoms with Gasteiger partial charge in [-0.15, -0.1) is 0 Å². The van der Waals surface area contributed by atoms with Crippen molar-refractivity contribution in [2.24, 2.45) is 5.73 Å². The molecule has 2 aromatic carbocycles. The Labute approximate surface area is 143 Å². The van der Waals surface area contributed by atoms with E-state index in [1.807, 2.05) is 24.3 Å². The number of fused-ring (bicyclic) bond motifs is 1. The van der Waals surface area contributed by atoms with Crippen LogP contribution in [-0.4, -0.2) is 19.9 Å². The lowest BCUT2D eigenvalue weighted by Crippen LogP contribution is -2.15. The van der Waals surface area contributed by atoms with E-state index in [-0.39, 0.29) is 5.92 Å². The molecule has 0 saturated heterocycles. The van der Waals surface area contributed by atoms with Gasteiger partial charge in [0.25, 0.3) is 0 Å². The minimum atomic E-state index is 0.256. The number of ether oxygens (including phenoxy) is 3. The van der Waals surface area contributed by atoms with Crippen molar-refractivity contribution in [1.29, 1.82) is 0 Å². The molecule has 4 nitrogen and oxygen atoms in total. The highest BCUT2D eigenvalue weighted by Crippen LogP contribution is 2.35. The van der Waals surface area contributed by atoms with Crippen LogP contribution < -0.4 is 19.9 Å². The normalized spacial score (nSPS) is 13.8. The summed E-state index contributed by atoms with van der Waals surface area (Å²) in [5, 5.41) is 0. The van der Waals surface area contributed by atoms with Crippen LogP contribution in [-0.2, 0) is 6.42 Å². The van der Waals surface area contributed by atoms with Crippen LogP contribution in [0.15, 0.2) is 42.5 Å². The van der Waals surface area contributed by atoms with Crippen LogP contribution in [0.25, 0.3) is 0 Å². The highest BCUT2D eigenvalue weighted by Gasteiger charge is 2.17. The Kier molecular flexibility index (Phi) is 5.59. The van der Waals surface area contributed by atoms with Gasteiger partial charge in [-0.05, 0) is 54.8 Å². The van der Waals surface area contributed by atoms with E-state index in [2.05, 4.69) is 25.1 Å². The van der Waals surface area contributed by atoms with Crippen molar-refractivity contribution >= 4 is 0 Å². The van der Waals surface area contributed by atoms with Crippen molar-refractivity contribution in [3.63, 3.8) is 0 Å². The Morgan fingerprint density at radius 2 is 1.88 bits per heavy atom. The largest absolute Gasteiger partial charge is 0.494 e. The summed E-state index contributed by atoms with van der Waals surface area (Å²) in [4.78, 5) is 0. The fourth-order valence-electron chi connectivity index (χ4n) is 2.84. The van der Waals surface area contributed by atoms with Gasteiger partial charge in [0, 0.05) is 5.92 Å². The molecule has 2 N–H and O–H groups in total. The van der Waals surface area contributed by atoms with Crippen molar-refractivity contribution in [2.45, 2.75) is 32.1 Å². The minimum absolute atomic E-state index is 0.256. The van der Waals surface area contributed by atoms with Crippen molar-refractivity contribution in [1.82, 2.24) is 0 Å². The van der Waals surface area contributed by atoms with E-state index in [0.717, 1.165) is 43.1 Å². The monoisotopic (exact) mass is 327 g/mol. The maximum Gasteiger partial charge on any atom is 0.231 e. The zero-order valence-corrected chi connectivity index (χ0v) is 14.2. The van der Waals surface area contributed by atoms with Crippen LogP contribution in [0, 0.1) is 0 Å². The topological polar surface area (TPSA) is 53.7 Å². The first kappa shape index (κ1) is 16.7. The lowest BCUT2D eigenvalue weighted by atomic mass is 9.92. The second-order valence-electron chi connectivity index (χ2n) is 6.10. The minimum Gasteiger partial charge on any atom is -0.494 e. The third-order valence-electron chi connectivity index (χ3n) is 4.32. The molecule has 0 fully saturated rings. The first-order valence-corrected chi connectivity index (χ1v) is 8.61. The molecule has 0 spiro atoms. The van der Waals surface area contributed by atoms with E-state index in [9.17, 15) is 0 Å². The summed E-state index contributed by atoms with van der Waals surface area (Å²) in [5.74, 6) is 2.81. The van der Waals surface area contributed by atoms with Gasteiger partial charge in [-0.25, -0.2) is 0 Å². The Balaban J connectivity index is 1.64. The third-order valence-corrected chi connectivity index (χ3v) is 4.32. The van der Waals surface area contributed by atoms with Gasteiger partial charge in [0.05, 0.1) is 6.61 Å². The first-order valence-electron chi connectivity index (χ1n) is 8.61. The summed E-state index contributed by atoms with van der Waals surface area (Å²) in [6.45, 7) is 3.83. The average Bonchev–Trinajstić information content (AvgIpc) is 3.09. The Morgan fingerprint density at radius 1 is 1.08 bits per heavy atom. The fraction of sp³-hybridized carbons (Fsp3) is 0.400. The molecule has 1 atom stereocenters. The number of hydrogen-bond donors (Lipinski definition) is 1. The molecule has 0 radical (unpaired) electrons. The number of unbranched alkanes of at least 4 members (excludes halogenated alkanes) is 1. The standard InChI is InChI=1S/C20H25NO3/c1-2-3-10-22-18-7-4-15(5-8-18)11-17(13-21)16-6-9-19-20(12-16)24-14-23-19/h4-9,12,17H,2-3,10-11,13-14,21H2,1H3. The molecule has 128 valence electrons. The zero-order valence-electron chi connectivity index (χ0n) is 14.2. The van der Waals surface area contributed by atoms with Crippen LogP contribution in [0.1, 0.15) is 36.8 Å². The van der Waals surface area contributed by atoms with E-state index in [1.165, 1.54) is 11.1 Å². The van der Waals surface area contributed by atoms with Gasteiger partial charge in [-0.1, -0.05) is 31.5 Å². The second-order valence-corrected chi connectivity index (χ2v) is 6.10. The predicted octanol–water partition coefficient (Wildman–Crippen LogP) is 3.88. The van der Waals surface area contributed by atoms with Gasteiger partial charge >= 0.3 is 0 Å². The van der Waals surface area contributed by atoms with Crippen molar-refractivity contribution in [2.75, 3.05) is 19.9 Å². The Bertz CT molecular complexity index is 654. The number of hydrogen-bond acceptors (Lipinski definition) is 4. The molecule has 1 aliphatic heterocycles. The molecular weight excluding hydrogens is 302 g/mol. The van der Waals surface area contributed by atoms with Crippen molar-refractivity contribution in [3.05, 3.63) is 53.6 Å². The van der Waals surface area contributed by atoms with Gasteiger partial charge in [0.2, 0.25) is 6.79 Å². The Hall–Kier alpha value is -2.20. The summed E-state index contributed by atoms with van der Waals surface area (Å²) in [7, 11) is 0. The van der Waals surface area contributed by atoms with Gasteiger partial charge in [0.1, 0.15) is 5.75 Å². The molecule has 1 aliphatic rings. The number of rotatable bonds is 8. The molecule has 0 bridgehead atoms. The van der Waals surface area contributed by atoms with E-state index in [1.54, 1.807) is 0 Å². The molecule has 24 heavy (non-hydrogen) atoms. The molecule has 4 heteroatoms. The van der Waals surface area contributed by atoms with E-state index < -0.39 is 0 Å². The molecule has 2 aromatic rings. The van der Waals surface area contributed by atoms with Crippen molar-refractivity contribution in [3.8, 4) is 17.2 Å². The number of nitrogens with two attached hydrogens (primary N) is 1. The average molecular weight is 327 g/mol.